The molecule has 7 nitrogen and oxygen atoms in total. The number of benzene rings is 1. The molecule has 0 radical (unpaired) electrons. The third kappa shape index (κ3) is 3.23. The summed E-state index contributed by atoms with van der Waals surface area (Å²) in [4.78, 5) is 24.8. The molecule has 3 heterocycles. The number of aromatic nitrogens is 4. The van der Waals surface area contributed by atoms with Gasteiger partial charge in [0.2, 0.25) is 5.88 Å². The highest BCUT2D eigenvalue weighted by Crippen LogP contribution is 2.21. The Kier molecular flexibility index (Phi) is 4.03. The van der Waals surface area contributed by atoms with Gasteiger partial charge in [-0.3, -0.25) is 9.78 Å². The summed E-state index contributed by atoms with van der Waals surface area (Å²) >= 11 is 0. The van der Waals surface area contributed by atoms with Gasteiger partial charge in [-0.15, -0.1) is 0 Å². The predicted molar refractivity (Wildman–Crippen MR) is 96.4 cm³/mol. The highest BCUT2D eigenvalue weighted by atomic mass is 16.5. The third-order valence-corrected chi connectivity index (χ3v) is 3.80. The van der Waals surface area contributed by atoms with Gasteiger partial charge < -0.3 is 14.5 Å². The second-order valence-corrected chi connectivity index (χ2v) is 5.65. The van der Waals surface area contributed by atoms with Crippen molar-refractivity contribution in [1.82, 2.24) is 19.4 Å². The zero-order valence-corrected chi connectivity index (χ0v) is 14.0. The number of amides is 1. The van der Waals surface area contributed by atoms with E-state index in [4.69, 9.17) is 4.74 Å². The minimum Gasteiger partial charge on any atom is -0.438 e. The molecule has 0 spiro atoms. The molecule has 128 valence electrons. The lowest BCUT2D eigenvalue weighted by molar-refractivity contribution is 0.102. The Morgan fingerprint density at radius 1 is 1.12 bits per heavy atom. The number of pyridine rings is 1. The van der Waals surface area contributed by atoms with E-state index in [9.17, 15) is 4.79 Å². The van der Waals surface area contributed by atoms with Crippen molar-refractivity contribution in [1.29, 1.82) is 0 Å². The zero-order chi connectivity index (χ0) is 17.9. The average molecular weight is 345 g/mol. The van der Waals surface area contributed by atoms with Gasteiger partial charge in [0.15, 0.2) is 0 Å². The van der Waals surface area contributed by atoms with Crippen LogP contribution in [0.1, 0.15) is 16.2 Å². The second kappa shape index (κ2) is 6.64. The van der Waals surface area contributed by atoms with Gasteiger partial charge in [-0.1, -0.05) is 6.07 Å². The minimum atomic E-state index is -0.268. The van der Waals surface area contributed by atoms with E-state index in [2.05, 4.69) is 20.3 Å². The summed E-state index contributed by atoms with van der Waals surface area (Å²) in [6.07, 6.45) is 6.39. The highest BCUT2D eigenvalue weighted by molar-refractivity contribution is 6.03. The lowest BCUT2D eigenvalue weighted by atomic mass is 10.3. The summed E-state index contributed by atoms with van der Waals surface area (Å²) in [5, 5.41) is 2.83. The number of hydrogen-bond acceptors (Lipinski definition) is 5. The van der Waals surface area contributed by atoms with E-state index in [-0.39, 0.29) is 5.91 Å². The molecule has 0 unspecified atom stereocenters. The predicted octanol–water partition coefficient (Wildman–Crippen LogP) is 3.48. The van der Waals surface area contributed by atoms with E-state index < -0.39 is 0 Å². The fourth-order valence-electron chi connectivity index (χ4n) is 2.52. The largest absolute Gasteiger partial charge is 0.438 e. The average Bonchev–Trinajstić information content (AvgIpc) is 3.10. The maximum Gasteiger partial charge on any atom is 0.275 e. The van der Waals surface area contributed by atoms with Crippen molar-refractivity contribution < 1.29 is 9.53 Å². The number of hydrogen-bond donors (Lipinski definition) is 1. The van der Waals surface area contributed by atoms with E-state index in [0.29, 0.717) is 23.0 Å². The molecular weight excluding hydrogens is 330 g/mol. The molecule has 0 saturated carbocycles. The van der Waals surface area contributed by atoms with E-state index >= 15 is 0 Å². The van der Waals surface area contributed by atoms with E-state index in [1.807, 2.05) is 29.5 Å². The van der Waals surface area contributed by atoms with Crippen molar-refractivity contribution in [3.05, 3.63) is 78.6 Å². The molecule has 1 amide bonds. The summed E-state index contributed by atoms with van der Waals surface area (Å²) in [6, 6.07) is 12.7. The molecule has 0 aliphatic carbocycles. The van der Waals surface area contributed by atoms with E-state index in [1.165, 1.54) is 6.20 Å². The van der Waals surface area contributed by atoms with Crippen LogP contribution in [0.5, 0.6) is 11.6 Å². The first-order valence-corrected chi connectivity index (χ1v) is 7.99. The Balaban J connectivity index is 1.47. The van der Waals surface area contributed by atoms with Crippen LogP contribution in [0.2, 0.25) is 0 Å². The van der Waals surface area contributed by atoms with Gasteiger partial charge in [-0.2, -0.15) is 0 Å². The van der Waals surface area contributed by atoms with E-state index in [0.717, 1.165) is 11.3 Å². The minimum absolute atomic E-state index is 0.268. The lowest BCUT2D eigenvalue weighted by Gasteiger charge is -2.06. The molecule has 4 aromatic rings. The number of ether oxygens (including phenoxy) is 1. The van der Waals surface area contributed by atoms with Crippen molar-refractivity contribution in [3.63, 3.8) is 0 Å². The van der Waals surface area contributed by atoms with Crippen LogP contribution < -0.4 is 10.1 Å². The molecule has 0 atom stereocenters. The fraction of sp³-hybridized carbons (Fsp3) is 0.0526. The van der Waals surface area contributed by atoms with Crippen molar-refractivity contribution in [2.45, 2.75) is 6.92 Å². The van der Waals surface area contributed by atoms with Gasteiger partial charge in [0.05, 0.1) is 6.20 Å². The van der Waals surface area contributed by atoms with Crippen molar-refractivity contribution in [2.24, 2.45) is 0 Å². The van der Waals surface area contributed by atoms with Gasteiger partial charge in [-0.05, 0) is 43.3 Å². The summed E-state index contributed by atoms with van der Waals surface area (Å²) in [7, 11) is 0. The van der Waals surface area contributed by atoms with Crippen molar-refractivity contribution >= 4 is 17.2 Å². The van der Waals surface area contributed by atoms with E-state index in [1.54, 1.807) is 42.9 Å². The molecule has 7 heteroatoms. The van der Waals surface area contributed by atoms with Gasteiger partial charge in [0.1, 0.15) is 17.1 Å². The quantitative estimate of drug-likeness (QED) is 0.612. The number of fused-ring (bicyclic) bond motifs is 1. The van der Waals surface area contributed by atoms with Gasteiger partial charge in [0, 0.05) is 30.0 Å². The molecule has 0 fully saturated rings. The van der Waals surface area contributed by atoms with Crippen LogP contribution in [-0.4, -0.2) is 25.3 Å². The number of nitrogens with one attached hydrogen (secondary N) is 1. The van der Waals surface area contributed by atoms with Gasteiger partial charge in [-0.25, -0.2) is 9.97 Å². The molecule has 1 aromatic carbocycles. The Labute approximate surface area is 149 Å². The summed E-state index contributed by atoms with van der Waals surface area (Å²) < 4.78 is 7.46. The van der Waals surface area contributed by atoms with Crippen LogP contribution in [0.15, 0.2) is 67.3 Å². The van der Waals surface area contributed by atoms with Crippen molar-refractivity contribution in [2.75, 3.05) is 5.32 Å². The van der Waals surface area contributed by atoms with Gasteiger partial charge in [0.25, 0.3) is 5.91 Å². The first kappa shape index (κ1) is 15.8. The number of aryl methyl sites for hydroxylation is 1. The molecule has 1 N–H and O–H groups in total. The number of rotatable bonds is 4. The Bertz CT molecular complexity index is 1060. The first-order valence-electron chi connectivity index (χ1n) is 7.99. The SMILES string of the molecule is Cc1cccc2nc(C(=O)Nc3ccc(Oc4cnccn4)cc3)cn12. The van der Waals surface area contributed by atoms with Crippen molar-refractivity contribution in [3.8, 4) is 11.6 Å². The maximum atomic E-state index is 12.4. The summed E-state index contributed by atoms with van der Waals surface area (Å²) in [6.45, 7) is 1.96. The number of imidazole rings is 1. The maximum absolute atomic E-state index is 12.4. The Hall–Kier alpha value is -3.74. The smallest absolute Gasteiger partial charge is 0.275 e. The monoisotopic (exact) mass is 345 g/mol. The molecule has 3 aromatic heterocycles. The number of nitrogens with zero attached hydrogens (tertiary/aromatic N) is 4. The number of carbonyl (C=O) groups is 1. The summed E-state index contributed by atoms with van der Waals surface area (Å²) in [5.41, 5.74) is 2.76. The Morgan fingerprint density at radius 2 is 1.96 bits per heavy atom. The lowest BCUT2D eigenvalue weighted by Crippen LogP contribution is -2.12. The van der Waals surface area contributed by atoms with Crippen LogP contribution in [0, 0.1) is 6.92 Å². The molecule has 0 bridgehead atoms. The highest BCUT2D eigenvalue weighted by Gasteiger charge is 2.12. The van der Waals surface area contributed by atoms with Crippen LogP contribution in [-0.2, 0) is 0 Å². The topological polar surface area (TPSA) is 81.4 Å². The molecule has 0 saturated heterocycles. The van der Waals surface area contributed by atoms with Gasteiger partial charge >= 0.3 is 0 Å². The third-order valence-electron chi connectivity index (χ3n) is 3.80. The number of anilines is 1. The zero-order valence-electron chi connectivity index (χ0n) is 14.0. The Morgan fingerprint density at radius 3 is 2.69 bits per heavy atom. The summed E-state index contributed by atoms with van der Waals surface area (Å²) in [5.74, 6) is 0.743. The molecule has 4 rings (SSSR count). The normalized spacial score (nSPS) is 10.7. The standard InChI is InChI=1S/C19H15N5O2/c1-13-3-2-4-17-23-16(12-24(13)17)19(25)22-14-5-7-15(8-6-14)26-18-11-20-9-10-21-18/h2-12H,1H3,(H,22,25). The van der Waals surface area contributed by atoms with Crippen LogP contribution >= 0.6 is 0 Å². The number of carbonyl (C=O) groups excluding carboxylic acids is 1. The first-order chi connectivity index (χ1) is 12.7. The molecular formula is C19H15N5O2. The van der Waals surface area contributed by atoms with Crippen LogP contribution in [0.4, 0.5) is 5.69 Å². The van der Waals surface area contributed by atoms with Crippen LogP contribution in [0.25, 0.3) is 5.65 Å². The molecule has 26 heavy (non-hydrogen) atoms. The molecule has 0 aliphatic heterocycles. The fourth-order valence-corrected chi connectivity index (χ4v) is 2.52. The second-order valence-electron chi connectivity index (χ2n) is 5.65. The van der Waals surface area contributed by atoms with Crippen LogP contribution in [0.3, 0.4) is 0 Å². The molecule has 0 aliphatic rings.